The van der Waals surface area contributed by atoms with E-state index < -0.39 is 0 Å². The molecule has 2 aromatic rings. The van der Waals surface area contributed by atoms with Gasteiger partial charge in [0.05, 0.1) is 6.04 Å². The van der Waals surface area contributed by atoms with Gasteiger partial charge in [0.1, 0.15) is 0 Å². The van der Waals surface area contributed by atoms with Crippen LogP contribution in [0.5, 0.6) is 0 Å². The molecule has 2 aliphatic heterocycles. The Hall–Kier alpha value is -2.13. The molecule has 3 fully saturated rings. The van der Waals surface area contributed by atoms with Gasteiger partial charge in [-0.3, -0.25) is 9.69 Å². The molecule has 3 heteroatoms. The summed E-state index contributed by atoms with van der Waals surface area (Å²) in [5, 5.41) is 3.43. The zero-order valence-electron chi connectivity index (χ0n) is 15.7. The minimum atomic E-state index is 0.0415. The van der Waals surface area contributed by atoms with E-state index >= 15 is 0 Å². The maximum absolute atomic E-state index is 13.2. The summed E-state index contributed by atoms with van der Waals surface area (Å²) in [5.41, 5.74) is 3.22. The zero-order chi connectivity index (χ0) is 18.1. The maximum atomic E-state index is 13.2. The first kappa shape index (κ1) is 17.3. The van der Waals surface area contributed by atoms with Crippen molar-refractivity contribution in [3.05, 3.63) is 71.3 Å². The molecule has 2 saturated heterocycles. The van der Waals surface area contributed by atoms with Crippen molar-refractivity contribution >= 4 is 5.91 Å². The Morgan fingerprint density at radius 3 is 2.50 bits per heavy atom. The van der Waals surface area contributed by atoms with Gasteiger partial charge in [-0.1, -0.05) is 62.4 Å². The molecular weight excluding hydrogens is 320 g/mol. The third-order valence-electron chi connectivity index (χ3n) is 6.36. The second-order valence-electron chi connectivity index (χ2n) is 7.74. The number of fused-ring (bicyclic) bond motifs is 1. The Labute approximate surface area is 156 Å². The molecule has 136 valence electrons. The van der Waals surface area contributed by atoms with Gasteiger partial charge in [0.15, 0.2) is 0 Å². The number of aryl methyl sites for hydroxylation is 1. The summed E-state index contributed by atoms with van der Waals surface area (Å²) in [7, 11) is 0. The highest BCUT2D eigenvalue weighted by atomic mass is 16.1. The van der Waals surface area contributed by atoms with Gasteiger partial charge in [0.25, 0.3) is 5.91 Å². The van der Waals surface area contributed by atoms with Crippen LogP contribution in [-0.2, 0) is 6.42 Å². The molecule has 1 amide bonds. The van der Waals surface area contributed by atoms with Crippen LogP contribution in [-0.4, -0.2) is 29.4 Å². The fourth-order valence-electron chi connectivity index (χ4n) is 5.12. The lowest BCUT2D eigenvalue weighted by atomic mass is 9.67. The third-order valence-corrected chi connectivity index (χ3v) is 6.36. The molecule has 1 unspecified atom stereocenters. The van der Waals surface area contributed by atoms with Gasteiger partial charge >= 0.3 is 0 Å². The van der Waals surface area contributed by atoms with Crippen LogP contribution in [0.2, 0.25) is 0 Å². The van der Waals surface area contributed by atoms with Gasteiger partial charge in [-0.15, -0.1) is 0 Å². The fourth-order valence-corrected chi connectivity index (χ4v) is 5.12. The van der Waals surface area contributed by atoms with Crippen LogP contribution in [0.25, 0.3) is 0 Å². The number of hydrogen-bond donors (Lipinski definition) is 1. The Morgan fingerprint density at radius 1 is 1.12 bits per heavy atom. The van der Waals surface area contributed by atoms with Crippen LogP contribution in [0.4, 0.5) is 0 Å². The molecule has 3 nitrogen and oxygen atoms in total. The number of hydrogen-bond acceptors (Lipinski definition) is 2. The fraction of sp³-hybridized carbons (Fsp3) is 0.435. The summed E-state index contributed by atoms with van der Waals surface area (Å²) in [6.45, 7) is 6.55. The van der Waals surface area contributed by atoms with E-state index in [2.05, 4.69) is 54.4 Å². The number of amides is 1. The smallest absolute Gasteiger partial charge is 0.252 e. The second-order valence-corrected chi connectivity index (χ2v) is 7.74. The van der Waals surface area contributed by atoms with Crippen LogP contribution in [0.3, 0.4) is 0 Å². The minimum absolute atomic E-state index is 0.0415. The van der Waals surface area contributed by atoms with Crippen molar-refractivity contribution in [1.29, 1.82) is 0 Å². The van der Waals surface area contributed by atoms with E-state index in [-0.39, 0.29) is 17.5 Å². The summed E-state index contributed by atoms with van der Waals surface area (Å²) in [6.07, 6.45) is 3.25. The predicted molar refractivity (Wildman–Crippen MR) is 105 cm³/mol. The van der Waals surface area contributed by atoms with E-state index in [4.69, 9.17) is 0 Å². The van der Waals surface area contributed by atoms with Crippen LogP contribution < -0.4 is 5.32 Å². The van der Waals surface area contributed by atoms with E-state index in [1.807, 2.05) is 24.3 Å². The van der Waals surface area contributed by atoms with Crippen molar-refractivity contribution in [2.75, 3.05) is 13.1 Å². The van der Waals surface area contributed by atoms with Crippen molar-refractivity contribution < 1.29 is 4.79 Å². The minimum Gasteiger partial charge on any atom is -0.343 e. The third kappa shape index (κ3) is 2.75. The first-order valence-corrected chi connectivity index (χ1v) is 9.86. The Bertz CT molecular complexity index is 780. The average Bonchev–Trinajstić information content (AvgIpc) is 3.22. The topological polar surface area (TPSA) is 32.3 Å². The molecule has 2 heterocycles. The standard InChI is InChI=1S/C23H28N2O/c1-3-18-10-8-9-13-20(18)22(26)24-21(19-11-6-5-7-12-19)23-14-17(15-23)16-25(23)4-2/h5-13,17,21H,3-4,14-16H2,1-2H3,(H,24,26). The van der Waals surface area contributed by atoms with Gasteiger partial charge in [-0.2, -0.15) is 0 Å². The molecule has 2 bridgehead atoms. The molecule has 1 N–H and O–H groups in total. The Morgan fingerprint density at radius 2 is 1.81 bits per heavy atom. The lowest BCUT2D eigenvalue weighted by Gasteiger charge is -2.48. The second kappa shape index (κ2) is 6.88. The van der Waals surface area contributed by atoms with Crippen molar-refractivity contribution in [2.24, 2.45) is 5.92 Å². The molecule has 0 radical (unpaired) electrons. The Kier molecular flexibility index (Phi) is 4.58. The summed E-state index contributed by atoms with van der Waals surface area (Å²) in [6, 6.07) is 18.5. The van der Waals surface area contributed by atoms with Crippen molar-refractivity contribution in [1.82, 2.24) is 10.2 Å². The van der Waals surface area contributed by atoms with Crippen molar-refractivity contribution in [3.63, 3.8) is 0 Å². The first-order valence-electron chi connectivity index (χ1n) is 9.86. The van der Waals surface area contributed by atoms with Gasteiger partial charge in [-0.25, -0.2) is 0 Å². The average molecular weight is 348 g/mol. The molecule has 1 atom stereocenters. The van der Waals surface area contributed by atoms with Gasteiger partial charge < -0.3 is 5.32 Å². The highest BCUT2D eigenvalue weighted by molar-refractivity contribution is 5.96. The Balaban J connectivity index is 1.67. The molecule has 26 heavy (non-hydrogen) atoms. The normalized spacial score (nSPS) is 25.5. The monoisotopic (exact) mass is 348 g/mol. The summed E-state index contributed by atoms with van der Waals surface area (Å²) in [4.78, 5) is 15.8. The van der Waals surface area contributed by atoms with Crippen LogP contribution in [0.1, 0.15) is 54.2 Å². The molecular formula is C23H28N2O. The summed E-state index contributed by atoms with van der Waals surface area (Å²) >= 11 is 0. The van der Waals surface area contributed by atoms with Gasteiger partial charge in [0.2, 0.25) is 0 Å². The summed E-state index contributed by atoms with van der Waals surface area (Å²) in [5.74, 6) is 0.845. The van der Waals surface area contributed by atoms with Crippen molar-refractivity contribution in [3.8, 4) is 0 Å². The van der Waals surface area contributed by atoms with Gasteiger partial charge in [0, 0.05) is 17.6 Å². The quantitative estimate of drug-likeness (QED) is 0.848. The lowest BCUT2D eigenvalue weighted by Crippen LogP contribution is -2.56. The van der Waals surface area contributed by atoms with E-state index in [1.54, 1.807) is 0 Å². The predicted octanol–water partition coefficient (Wildman–Crippen LogP) is 4.20. The molecule has 1 aliphatic carbocycles. The molecule has 5 rings (SSSR count). The number of carbonyl (C=O) groups excluding carboxylic acids is 1. The molecule has 2 aromatic carbocycles. The van der Waals surface area contributed by atoms with E-state index in [0.29, 0.717) is 0 Å². The highest BCUT2D eigenvalue weighted by Crippen LogP contribution is 2.56. The first-order chi connectivity index (χ1) is 12.7. The maximum Gasteiger partial charge on any atom is 0.252 e. The number of nitrogens with one attached hydrogen (secondary N) is 1. The molecule has 0 aromatic heterocycles. The summed E-state index contributed by atoms with van der Waals surface area (Å²) < 4.78 is 0. The SMILES string of the molecule is CCc1ccccc1C(=O)NC(c1ccccc1)C12CC(CN1CC)C2. The lowest BCUT2D eigenvalue weighted by molar-refractivity contribution is 0.0556. The number of nitrogens with zero attached hydrogens (tertiary/aromatic N) is 1. The van der Waals surface area contributed by atoms with Gasteiger partial charge in [-0.05, 0) is 48.9 Å². The number of benzene rings is 2. The largest absolute Gasteiger partial charge is 0.343 e. The van der Waals surface area contributed by atoms with E-state index in [1.165, 1.54) is 24.9 Å². The number of likely N-dealkylation sites (N-methyl/N-ethyl adjacent to an activating group) is 1. The number of carbonyl (C=O) groups is 1. The molecule has 0 spiro atoms. The van der Waals surface area contributed by atoms with E-state index in [0.717, 1.165) is 30.0 Å². The van der Waals surface area contributed by atoms with Crippen LogP contribution in [0.15, 0.2) is 54.6 Å². The van der Waals surface area contributed by atoms with Crippen LogP contribution in [0, 0.1) is 5.92 Å². The van der Waals surface area contributed by atoms with Crippen LogP contribution >= 0.6 is 0 Å². The van der Waals surface area contributed by atoms with Crippen molar-refractivity contribution in [2.45, 2.75) is 44.7 Å². The van der Waals surface area contributed by atoms with E-state index in [9.17, 15) is 4.79 Å². The molecule has 1 saturated carbocycles. The zero-order valence-corrected chi connectivity index (χ0v) is 15.7. The highest BCUT2D eigenvalue weighted by Gasteiger charge is 2.59. The molecule has 3 aliphatic rings. The number of rotatable bonds is 6.